The molecule has 3 aromatic rings. The highest BCUT2D eigenvalue weighted by molar-refractivity contribution is 7.19. The number of hydrogen-bond acceptors (Lipinski definition) is 3. The van der Waals surface area contributed by atoms with Gasteiger partial charge in [0.15, 0.2) is 5.96 Å². The van der Waals surface area contributed by atoms with Crippen molar-refractivity contribution in [2.24, 2.45) is 4.99 Å². The van der Waals surface area contributed by atoms with Gasteiger partial charge in [0.25, 0.3) is 0 Å². The summed E-state index contributed by atoms with van der Waals surface area (Å²) in [5.74, 6) is -0.647. The molecule has 27 heavy (non-hydrogen) atoms. The van der Waals surface area contributed by atoms with Gasteiger partial charge in [0.2, 0.25) is 0 Å². The predicted molar refractivity (Wildman–Crippen MR) is 106 cm³/mol. The number of nitrogens with zero attached hydrogens (tertiary/aromatic N) is 1. The lowest BCUT2D eigenvalue weighted by Crippen LogP contribution is -2.40. The molecule has 0 radical (unpaired) electrons. The van der Waals surface area contributed by atoms with E-state index in [0.717, 1.165) is 15.0 Å². The second kappa shape index (κ2) is 8.92. The minimum absolute atomic E-state index is 0.0470. The van der Waals surface area contributed by atoms with Gasteiger partial charge in [0.05, 0.1) is 0 Å². The Bertz CT molecular complexity index is 889. The smallest absolute Gasteiger partial charge is 0.191 e. The van der Waals surface area contributed by atoms with Crippen molar-refractivity contribution in [3.63, 3.8) is 0 Å². The van der Waals surface area contributed by atoms with E-state index in [1.807, 2.05) is 30.3 Å². The van der Waals surface area contributed by atoms with Crippen LogP contribution >= 0.6 is 11.3 Å². The maximum Gasteiger partial charge on any atom is 0.191 e. The predicted octanol–water partition coefficient (Wildman–Crippen LogP) is 3.62. The average Bonchev–Trinajstić information content (AvgIpc) is 3.10. The minimum atomic E-state index is -0.676. The molecule has 1 unspecified atom stereocenters. The summed E-state index contributed by atoms with van der Waals surface area (Å²) in [6.45, 7) is 0.594. The standard InChI is InChI=1S/C20H21F2N3OS/c1-23-20(24-10-9-14-15(21)6-4-7-16(14)22)25-12-17(26)19-11-13-5-2-3-8-18(13)27-19/h2-8,11,17,26H,9-10,12H2,1H3,(H2,23,24,25). The van der Waals surface area contributed by atoms with E-state index in [0.29, 0.717) is 12.5 Å². The number of aliphatic hydroxyl groups is 1. The van der Waals surface area contributed by atoms with Crippen LogP contribution in [0.5, 0.6) is 0 Å². The summed E-state index contributed by atoms with van der Waals surface area (Å²) < 4.78 is 28.4. The average molecular weight is 389 g/mol. The number of thiophene rings is 1. The van der Waals surface area contributed by atoms with Gasteiger partial charge in [-0.1, -0.05) is 24.3 Å². The van der Waals surface area contributed by atoms with E-state index in [2.05, 4.69) is 15.6 Å². The maximum atomic E-state index is 13.6. The van der Waals surface area contributed by atoms with E-state index in [1.165, 1.54) is 18.2 Å². The highest BCUT2D eigenvalue weighted by Gasteiger charge is 2.12. The molecule has 0 saturated heterocycles. The first-order valence-electron chi connectivity index (χ1n) is 8.62. The number of fused-ring (bicyclic) bond motifs is 1. The van der Waals surface area contributed by atoms with Crippen molar-refractivity contribution < 1.29 is 13.9 Å². The Morgan fingerprint density at radius 3 is 2.56 bits per heavy atom. The molecule has 3 rings (SSSR count). The van der Waals surface area contributed by atoms with Crippen LogP contribution < -0.4 is 10.6 Å². The Morgan fingerprint density at radius 2 is 1.85 bits per heavy atom. The van der Waals surface area contributed by atoms with Crippen molar-refractivity contribution in [2.45, 2.75) is 12.5 Å². The Balaban J connectivity index is 1.51. The zero-order valence-electron chi connectivity index (χ0n) is 14.9. The van der Waals surface area contributed by atoms with E-state index in [-0.39, 0.29) is 18.5 Å². The van der Waals surface area contributed by atoms with Crippen LogP contribution in [0.15, 0.2) is 53.5 Å². The largest absolute Gasteiger partial charge is 0.386 e. The minimum Gasteiger partial charge on any atom is -0.386 e. The Hall–Kier alpha value is -2.51. The fourth-order valence-corrected chi connectivity index (χ4v) is 3.81. The molecule has 0 spiro atoms. The molecule has 0 saturated carbocycles. The molecular weight excluding hydrogens is 368 g/mol. The number of aliphatic hydroxyl groups excluding tert-OH is 1. The van der Waals surface area contributed by atoms with E-state index in [4.69, 9.17) is 0 Å². The number of hydrogen-bond donors (Lipinski definition) is 3. The lowest BCUT2D eigenvalue weighted by molar-refractivity contribution is 0.184. The third-order valence-corrected chi connectivity index (χ3v) is 5.41. The first kappa shape index (κ1) is 19.3. The monoisotopic (exact) mass is 389 g/mol. The molecule has 1 atom stereocenters. The first-order valence-corrected chi connectivity index (χ1v) is 9.44. The number of aliphatic imine (C=N–C) groups is 1. The van der Waals surface area contributed by atoms with Gasteiger partial charge in [0.1, 0.15) is 17.7 Å². The summed E-state index contributed by atoms with van der Waals surface area (Å²) in [6, 6.07) is 13.8. The zero-order valence-corrected chi connectivity index (χ0v) is 15.7. The molecule has 7 heteroatoms. The van der Waals surface area contributed by atoms with Gasteiger partial charge in [-0.2, -0.15) is 0 Å². The Kier molecular flexibility index (Phi) is 6.36. The maximum absolute atomic E-state index is 13.6. The van der Waals surface area contributed by atoms with Crippen LogP contribution in [0.2, 0.25) is 0 Å². The SMILES string of the molecule is CN=C(NCCc1c(F)cccc1F)NCC(O)c1cc2ccccc2s1. The third kappa shape index (κ3) is 4.81. The lowest BCUT2D eigenvalue weighted by atomic mass is 10.1. The molecular formula is C20H21F2N3OS. The van der Waals surface area contributed by atoms with Crippen LogP contribution in [0.3, 0.4) is 0 Å². The molecule has 0 fully saturated rings. The van der Waals surface area contributed by atoms with Crippen molar-refractivity contribution in [1.29, 1.82) is 0 Å². The molecule has 1 aromatic heterocycles. The van der Waals surface area contributed by atoms with Crippen LogP contribution in [0.25, 0.3) is 10.1 Å². The molecule has 142 valence electrons. The summed E-state index contributed by atoms with van der Waals surface area (Å²) >= 11 is 1.55. The van der Waals surface area contributed by atoms with Gasteiger partial charge in [-0.3, -0.25) is 4.99 Å². The number of guanidine groups is 1. The zero-order chi connectivity index (χ0) is 19.2. The van der Waals surface area contributed by atoms with E-state index >= 15 is 0 Å². The Labute approximate surface area is 160 Å². The summed E-state index contributed by atoms with van der Waals surface area (Å²) in [5, 5.41) is 17.6. The van der Waals surface area contributed by atoms with Gasteiger partial charge in [0, 0.05) is 35.3 Å². The quantitative estimate of drug-likeness (QED) is 0.446. The van der Waals surface area contributed by atoms with E-state index in [9.17, 15) is 13.9 Å². The molecule has 0 amide bonds. The topological polar surface area (TPSA) is 56.7 Å². The van der Waals surface area contributed by atoms with E-state index in [1.54, 1.807) is 18.4 Å². The highest BCUT2D eigenvalue weighted by atomic mass is 32.1. The molecule has 0 aliphatic rings. The summed E-state index contributed by atoms with van der Waals surface area (Å²) in [5.41, 5.74) is 0.0470. The number of nitrogens with one attached hydrogen (secondary N) is 2. The summed E-state index contributed by atoms with van der Waals surface area (Å²) in [4.78, 5) is 4.94. The van der Waals surface area contributed by atoms with Gasteiger partial charge < -0.3 is 15.7 Å². The van der Waals surface area contributed by atoms with Crippen LogP contribution in [0.4, 0.5) is 8.78 Å². The molecule has 1 heterocycles. The van der Waals surface area contributed by atoms with Gasteiger partial charge in [-0.15, -0.1) is 11.3 Å². The van der Waals surface area contributed by atoms with Gasteiger partial charge >= 0.3 is 0 Å². The van der Waals surface area contributed by atoms with Crippen LogP contribution in [-0.4, -0.2) is 31.2 Å². The van der Waals surface area contributed by atoms with Crippen LogP contribution in [0, 0.1) is 11.6 Å². The molecule has 0 aliphatic heterocycles. The van der Waals surface area contributed by atoms with Gasteiger partial charge in [-0.05, 0) is 36.1 Å². The second-order valence-corrected chi connectivity index (χ2v) is 7.15. The molecule has 3 N–H and O–H groups in total. The number of benzene rings is 2. The van der Waals surface area contributed by atoms with Crippen molar-refractivity contribution in [2.75, 3.05) is 20.1 Å². The first-order chi connectivity index (χ1) is 13.1. The molecule has 0 aliphatic carbocycles. The van der Waals surface area contributed by atoms with Gasteiger partial charge in [-0.25, -0.2) is 8.78 Å². The third-order valence-electron chi connectivity index (χ3n) is 4.19. The lowest BCUT2D eigenvalue weighted by Gasteiger charge is -2.15. The van der Waals surface area contributed by atoms with Crippen molar-refractivity contribution in [3.8, 4) is 0 Å². The fourth-order valence-electron chi connectivity index (χ4n) is 2.76. The highest BCUT2D eigenvalue weighted by Crippen LogP contribution is 2.29. The normalized spacial score (nSPS) is 13.0. The summed E-state index contributed by atoms with van der Waals surface area (Å²) in [7, 11) is 1.60. The number of halogens is 2. The van der Waals surface area contributed by atoms with Crippen molar-refractivity contribution >= 4 is 27.4 Å². The Morgan fingerprint density at radius 1 is 1.11 bits per heavy atom. The molecule has 4 nitrogen and oxygen atoms in total. The second-order valence-electron chi connectivity index (χ2n) is 6.03. The van der Waals surface area contributed by atoms with Crippen molar-refractivity contribution in [1.82, 2.24) is 10.6 Å². The summed E-state index contributed by atoms with van der Waals surface area (Å²) in [6.07, 6.45) is -0.483. The van der Waals surface area contributed by atoms with E-state index < -0.39 is 17.7 Å². The van der Waals surface area contributed by atoms with Crippen molar-refractivity contribution in [3.05, 3.63) is 70.6 Å². The fraction of sp³-hybridized carbons (Fsp3) is 0.250. The molecule has 0 bridgehead atoms. The number of rotatable bonds is 6. The van der Waals surface area contributed by atoms with Crippen LogP contribution in [0.1, 0.15) is 16.5 Å². The molecule has 2 aromatic carbocycles. The van der Waals surface area contributed by atoms with Crippen LogP contribution in [-0.2, 0) is 6.42 Å².